The molecule has 106 heavy (non-hydrogen) atoms. The molecule has 0 radical (unpaired) electrons. The number of aliphatic hydroxyl groups excluding tert-OH is 15. The lowest BCUT2D eigenvalue weighted by Gasteiger charge is -2.75. The molecule has 32 nitrogen and oxygen atoms in total. The standard InChI is InChI=1S/C74H110O32/c1-12-30(2)61(92)105-58-59(99-41(78)19-18-33-16-14-13-15-17-33)74-38(26-68(58,5)6)73(106-67(74)93)25-21-37-70(9)23-22-40(69(7,8)36(70)20-24-71(37,10)72(73,11)27-39(74)77)98-66-57(104-63-51(88)47(84)44(81)34(28-75)96-63)53(52(89)54(101-66)60(90)91)100-65-56(49(86)45(82)35(29-76)97-65)103-64-55(48(85)43(80)32(4)95-64)102-62-50(87)46(83)42(79)31(3)94-62/h12-19,31-32,34-40,42-59,62-67,75-77,79-89,93H,20-29H2,1-11H3,(H,90,91)/b19-18+,30-12-/t31-,32+,34+,35-,36-,37+,38?,39+,40-,42-,43+,44-,45+,46+,47-,48-,49+,50+,51+,52-,53-,54-,55-,56-,57+,58-,59-,62-,63-,64+,65+,66+,67-,70-,71+,72-,73-,74+/m0/s1. The highest BCUT2D eigenvalue weighted by molar-refractivity contribution is 5.88. The van der Waals surface area contributed by atoms with Gasteiger partial charge in [0.05, 0.1) is 48.6 Å². The van der Waals surface area contributed by atoms with E-state index in [1.165, 1.54) is 19.9 Å². The fraction of sp³-hybridized carbons (Fsp3) is 0.824. The number of esters is 2. The number of hydrogen-bond donors (Lipinski definition) is 16. The third kappa shape index (κ3) is 13.3. The monoisotopic (exact) mass is 1510 g/mol. The van der Waals surface area contributed by atoms with E-state index < -0.39 is 259 Å². The van der Waals surface area contributed by atoms with Crippen LogP contribution in [0.4, 0.5) is 0 Å². The maximum atomic E-state index is 14.3. The summed E-state index contributed by atoms with van der Waals surface area (Å²) in [7, 11) is 0. The van der Waals surface area contributed by atoms with Gasteiger partial charge in [-0.05, 0) is 119 Å². The normalized spacial score (nSPS) is 51.3. The Labute approximate surface area is 613 Å². The number of ether oxygens (including phenoxy) is 13. The summed E-state index contributed by atoms with van der Waals surface area (Å²) in [5.74, 6) is -4.20. The molecule has 32 heteroatoms. The Balaban J connectivity index is 0.856. The highest BCUT2D eigenvalue weighted by Gasteiger charge is 2.86. The Morgan fingerprint density at radius 2 is 1.07 bits per heavy atom. The SMILES string of the molecule is C/C=C(/C)C(=O)O[C@H]1[C@H](OC(=O)/C=C/c2ccccc2)[C@@]23C(CC1(C)C)[C@]1(CC[C@@H]4[C@@]5(C)CC[C@H](O[C@@H]6O[C@H](C(=O)O)[C@@H](O)[C@H](O[C@H]7O[C@@H](CO)[C@@H](O)[C@@H](O)[C@@H]7O[C@H]7O[C@H](C)[C@@H](O)[C@H](O)[C@@H]7O[C@@H]7O[C@@H](C)[C@H](O)[C@@H](O)[C@H]7O)[C@H]6O[C@@H]6O[C@H](CO)[C@H](O)[C@H](O)[C@H]6O)C(C)(C)[C@@H]5CC[C@@]4(C)[C@]1(C)C[C@H]2O)O[C@@H]3O. The number of carboxylic acid groups (broad SMARTS) is 1. The second-order valence-electron chi connectivity index (χ2n) is 33.6. The van der Waals surface area contributed by atoms with Crippen molar-refractivity contribution in [1.82, 2.24) is 0 Å². The molecule has 6 heterocycles. The number of rotatable bonds is 18. The highest BCUT2D eigenvalue weighted by Crippen LogP contribution is 2.82. The number of aliphatic hydroxyl groups is 15. The van der Waals surface area contributed by atoms with Gasteiger partial charge in [-0.3, -0.25) is 0 Å². The maximum absolute atomic E-state index is 14.3. The van der Waals surface area contributed by atoms with Crippen LogP contribution in [0.1, 0.15) is 133 Å². The van der Waals surface area contributed by atoms with Crippen molar-refractivity contribution in [2.75, 3.05) is 13.2 Å². The van der Waals surface area contributed by atoms with Crippen molar-refractivity contribution in [2.45, 2.75) is 317 Å². The number of carboxylic acids is 1. The van der Waals surface area contributed by atoms with Crippen molar-refractivity contribution in [3.63, 3.8) is 0 Å². The summed E-state index contributed by atoms with van der Waals surface area (Å²) in [5, 5.41) is 182. The first-order chi connectivity index (χ1) is 49.7. The van der Waals surface area contributed by atoms with E-state index in [4.69, 9.17) is 61.6 Å². The second kappa shape index (κ2) is 30.2. The molecule has 11 fully saturated rings. The van der Waals surface area contributed by atoms with Gasteiger partial charge in [0, 0.05) is 28.4 Å². The summed E-state index contributed by atoms with van der Waals surface area (Å²) in [5.41, 5.74) is -5.73. The lowest BCUT2D eigenvalue weighted by molar-refractivity contribution is -0.412. The van der Waals surface area contributed by atoms with E-state index in [2.05, 4.69) is 20.8 Å². The van der Waals surface area contributed by atoms with Gasteiger partial charge in [0.15, 0.2) is 49.9 Å². The zero-order valence-corrected chi connectivity index (χ0v) is 61.4. The van der Waals surface area contributed by atoms with Gasteiger partial charge in [-0.25, -0.2) is 14.4 Å². The molecule has 5 saturated carbocycles. The molecule has 1 spiro atoms. The Morgan fingerprint density at radius 3 is 1.69 bits per heavy atom. The van der Waals surface area contributed by atoms with Crippen molar-refractivity contribution in [3.05, 3.63) is 53.6 Å². The molecular formula is C74H110O32. The number of carbonyl (C=O) groups excluding carboxylic acids is 2. The Kier molecular flexibility index (Phi) is 23.2. The third-order valence-electron chi connectivity index (χ3n) is 27.3. The summed E-state index contributed by atoms with van der Waals surface area (Å²) < 4.78 is 82.1. The van der Waals surface area contributed by atoms with Crippen LogP contribution in [0, 0.1) is 50.2 Å². The van der Waals surface area contributed by atoms with Gasteiger partial charge < -0.3 is 143 Å². The van der Waals surface area contributed by atoms with Crippen LogP contribution >= 0.6 is 0 Å². The average molecular weight is 1510 g/mol. The summed E-state index contributed by atoms with van der Waals surface area (Å²) >= 11 is 0. The first kappa shape index (κ1) is 81.6. The average Bonchev–Trinajstić information content (AvgIpc) is 1.39. The van der Waals surface area contributed by atoms with Crippen LogP contribution in [0.3, 0.4) is 0 Å². The summed E-state index contributed by atoms with van der Waals surface area (Å²) in [4.78, 5) is 41.7. The van der Waals surface area contributed by atoms with Gasteiger partial charge in [0.25, 0.3) is 0 Å². The molecule has 38 atom stereocenters. The third-order valence-corrected chi connectivity index (χ3v) is 27.3. The van der Waals surface area contributed by atoms with E-state index in [1.807, 2.05) is 58.0 Å². The largest absolute Gasteiger partial charge is 0.479 e. The maximum Gasteiger partial charge on any atom is 0.335 e. The van der Waals surface area contributed by atoms with Crippen molar-refractivity contribution in [1.29, 1.82) is 0 Å². The molecule has 11 aliphatic rings. The molecule has 6 aliphatic heterocycles. The van der Waals surface area contributed by atoms with Crippen molar-refractivity contribution in [2.24, 2.45) is 50.2 Å². The van der Waals surface area contributed by atoms with Gasteiger partial charge in [-0.2, -0.15) is 0 Å². The van der Waals surface area contributed by atoms with Crippen LogP contribution < -0.4 is 0 Å². The Bertz CT molecular complexity index is 3340. The summed E-state index contributed by atoms with van der Waals surface area (Å²) in [6.07, 6.45) is -47.3. The molecule has 1 aromatic carbocycles. The molecule has 5 aliphatic carbocycles. The molecule has 0 amide bonds. The number of carbonyl (C=O) groups is 3. The lowest BCUT2D eigenvalue weighted by Crippen LogP contribution is -2.77. The van der Waals surface area contributed by atoms with Gasteiger partial charge in [-0.1, -0.05) is 84.9 Å². The van der Waals surface area contributed by atoms with Gasteiger partial charge in [0.2, 0.25) is 0 Å². The van der Waals surface area contributed by atoms with Crippen LogP contribution in [-0.4, -0.2) is 303 Å². The number of hydrogen-bond acceptors (Lipinski definition) is 31. The first-order valence-electron chi connectivity index (χ1n) is 37.0. The number of allylic oxidation sites excluding steroid dienone is 1. The smallest absolute Gasteiger partial charge is 0.335 e. The zero-order valence-electron chi connectivity index (χ0n) is 61.4. The molecule has 1 unspecified atom stereocenters. The summed E-state index contributed by atoms with van der Waals surface area (Å²) in [6.45, 7) is 18.5. The van der Waals surface area contributed by atoms with Gasteiger partial charge in [0.1, 0.15) is 110 Å². The minimum Gasteiger partial charge on any atom is -0.479 e. The van der Waals surface area contributed by atoms with Crippen molar-refractivity contribution in [3.8, 4) is 0 Å². The Morgan fingerprint density at radius 1 is 0.538 bits per heavy atom. The van der Waals surface area contributed by atoms with Crippen LogP contribution in [-0.2, 0) is 76.0 Å². The van der Waals surface area contributed by atoms with Gasteiger partial charge in [-0.15, -0.1) is 0 Å². The van der Waals surface area contributed by atoms with Crippen molar-refractivity contribution >= 4 is 24.0 Å². The topological polar surface area (TPSA) is 495 Å². The molecule has 0 aromatic heterocycles. The fourth-order valence-corrected chi connectivity index (χ4v) is 21.2. The number of benzene rings is 1. The van der Waals surface area contributed by atoms with E-state index in [9.17, 15) is 96.1 Å². The molecule has 12 rings (SSSR count). The van der Waals surface area contributed by atoms with Crippen molar-refractivity contribution < 1.29 is 158 Å². The fourth-order valence-electron chi connectivity index (χ4n) is 21.2. The minimum atomic E-state index is -2.38. The van der Waals surface area contributed by atoms with E-state index in [0.717, 1.165) is 0 Å². The molecule has 2 bridgehead atoms. The predicted molar refractivity (Wildman–Crippen MR) is 359 cm³/mol. The molecular weight excluding hydrogens is 1400 g/mol. The van der Waals surface area contributed by atoms with E-state index in [0.29, 0.717) is 49.7 Å². The van der Waals surface area contributed by atoms with E-state index >= 15 is 0 Å². The molecule has 6 saturated heterocycles. The quantitative estimate of drug-likeness (QED) is 0.0460. The molecule has 1 aromatic rings. The molecule has 598 valence electrons. The van der Waals surface area contributed by atoms with Crippen LogP contribution in [0.2, 0.25) is 0 Å². The predicted octanol–water partition coefficient (Wildman–Crippen LogP) is -1.34. The molecule has 16 N–H and O–H groups in total. The minimum absolute atomic E-state index is 0.0915. The summed E-state index contributed by atoms with van der Waals surface area (Å²) in [6, 6.07) is 9.10. The van der Waals surface area contributed by atoms with E-state index in [-0.39, 0.29) is 24.7 Å². The number of aliphatic carboxylic acids is 1. The number of fused-ring (bicyclic) bond motifs is 4. The van der Waals surface area contributed by atoms with Gasteiger partial charge >= 0.3 is 17.9 Å². The van der Waals surface area contributed by atoms with E-state index in [1.54, 1.807) is 26.0 Å². The first-order valence-corrected chi connectivity index (χ1v) is 37.0. The Hall–Kier alpha value is -3.93. The van der Waals surface area contributed by atoms with Crippen LogP contribution in [0.15, 0.2) is 48.1 Å². The lowest BCUT2D eigenvalue weighted by atomic mass is 9.30. The zero-order chi connectivity index (χ0) is 77.4. The van der Waals surface area contributed by atoms with Crippen LogP contribution in [0.5, 0.6) is 0 Å². The second-order valence-corrected chi connectivity index (χ2v) is 33.6. The van der Waals surface area contributed by atoms with Crippen LogP contribution in [0.25, 0.3) is 6.08 Å². The highest BCUT2D eigenvalue weighted by atomic mass is 16.8.